The molecule has 0 saturated carbocycles. The Labute approximate surface area is 88.2 Å². The van der Waals surface area contributed by atoms with E-state index in [0.29, 0.717) is 19.0 Å². The molecule has 1 aromatic rings. The van der Waals surface area contributed by atoms with Gasteiger partial charge in [0.15, 0.2) is 11.5 Å². The molecule has 80 valence electrons. The van der Waals surface area contributed by atoms with Gasteiger partial charge in [-0.3, -0.25) is 4.79 Å². The van der Waals surface area contributed by atoms with E-state index in [1.807, 2.05) is 6.07 Å². The number of rotatable bonds is 1. The fourth-order valence-corrected chi connectivity index (χ4v) is 1.44. The quantitative estimate of drug-likeness (QED) is 0.763. The predicted octanol–water partition coefficient (Wildman–Crippen LogP) is 1.81. The molecule has 0 atom stereocenters. The molecule has 0 saturated heterocycles. The molecule has 2 rings (SSSR count). The van der Waals surface area contributed by atoms with Crippen molar-refractivity contribution in [3.63, 3.8) is 0 Å². The molecule has 1 heterocycles. The highest BCUT2D eigenvalue weighted by atomic mass is 16.5. The number of fused-ring (bicyclic) bond motifs is 1. The summed E-state index contributed by atoms with van der Waals surface area (Å²) >= 11 is 0. The van der Waals surface area contributed by atoms with Gasteiger partial charge in [-0.2, -0.15) is 0 Å². The van der Waals surface area contributed by atoms with E-state index in [1.54, 1.807) is 12.1 Å². The molecule has 0 aliphatic carbocycles. The van der Waals surface area contributed by atoms with Crippen molar-refractivity contribution >= 4 is 11.6 Å². The van der Waals surface area contributed by atoms with Crippen LogP contribution in [0.25, 0.3) is 0 Å². The zero-order chi connectivity index (χ0) is 10.7. The van der Waals surface area contributed by atoms with Crippen molar-refractivity contribution in [3.8, 4) is 11.5 Å². The zero-order valence-corrected chi connectivity index (χ0v) is 8.58. The van der Waals surface area contributed by atoms with E-state index in [4.69, 9.17) is 9.47 Å². The normalized spacial score (nSPS) is 14.2. The summed E-state index contributed by atoms with van der Waals surface area (Å²) in [5, 5.41) is 2.70. The van der Waals surface area contributed by atoms with Crippen molar-refractivity contribution in [2.45, 2.75) is 13.3 Å². The lowest BCUT2D eigenvalue weighted by Crippen LogP contribution is -2.05. The summed E-state index contributed by atoms with van der Waals surface area (Å²) in [7, 11) is 0. The molecule has 1 N–H and O–H groups in total. The third-order valence-corrected chi connectivity index (χ3v) is 2.07. The number of nitrogens with one attached hydrogen (secondary N) is 1. The SMILES string of the molecule is CC(=O)Nc1ccc2c(c1)OCCCO2. The predicted molar refractivity (Wildman–Crippen MR) is 56.4 cm³/mol. The van der Waals surface area contributed by atoms with Crippen molar-refractivity contribution in [1.82, 2.24) is 0 Å². The summed E-state index contributed by atoms with van der Waals surface area (Å²) in [5.41, 5.74) is 0.728. The fourth-order valence-electron chi connectivity index (χ4n) is 1.44. The van der Waals surface area contributed by atoms with Gasteiger partial charge >= 0.3 is 0 Å². The lowest BCUT2D eigenvalue weighted by atomic mass is 10.2. The summed E-state index contributed by atoms with van der Waals surface area (Å²) in [4.78, 5) is 10.9. The molecule has 1 amide bonds. The third-order valence-electron chi connectivity index (χ3n) is 2.07. The Hall–Kier alpha value is -1.71. The first kappa shape index (κ1) is 9.83. The van der Waals surface area contributed by atoms with Crippen molar-refractivity contribution in [1.29, 1.82) is 0 Å². The van der Waals surface area contributed by atoms with Crippen molar-refractivity contribution in [2.24, 2.45) is 0 Å². The van der Waals surface area contributed by atoms with E-state index in [0.717, 1.165) is 17.9 Å². The first-order valence-corrected chi connectivity index (χ1v) is 4.93. The average molecular weight is 207 g/mol. The first-order chi connectivity index (χ1) is 7.25. The summed E-state index contributed by atoms with van der Waals surface area (Å²) in [5.74, 6) is 1.34. The molecule has 15 heavy (non-hydrogen) atoms. The Bertz CT molecular complexity index is 376. The van der Waals surface area contributed by atoms with E-state index in [-0.39, 0.29) is 5.91 Å². The number of carbonyl (C=O) groups is 1. The van der Waals surface area contributed by atoms with Crippen LogP contribution in [0, 0.1) is 0 Å². The maximum absolute atomic E-state index is 10.9. The van der Waals surface area contributed by atoms with Gasteiger partial charge in [0.25, 0.3) is 0 Å². The monoisotopic (exact) mass is 207 g/mol. The van der Waals surface area contributed by atoms with Crippen LogP contribution in [0.15, 0.2) is 18.2 Å². The molecule has 0 fully saturated rings. The Balaban J connectivity index is 2.23. The Kier molecular flexibility index (Phi) is 2.76. The molecule has 0 bridgehead atoms. The van der Waals surface area contributed by atoms with E-state index < -0.39 is 0 Å². The van der Waals surface area contributed by atoms with Gasteiger partial charge in [-0.05, 0) is 12.1 Å². The minimum absolute atomic E-state index is 0.0931. The molecule has 1 aliphatic rings. The van der Waals surface area contributed by atoms with Crippen LogP contribution < -0.4 is 14.8 Å². The van der Waals surface area contributed by atoms with Gasteiger partial charge in [-0.15, -0.1) is 0 Å². The number of benzene rings is 1. The van der Waals surface area contributed by atoms with Gasteiger partial charge in [0, 0.05) is 25.1 Å². The highest BCUT2D eigenvalue weighted by Crippen LogP contribution is 2.32. The standard InChI is InChI=1S/C11H13NO3/c1-8(13)12-9-3-4-10-11(7-9)15-6-2-5-14-10/h3-4,7H,2,5-6H2,1H3,(H,12,13). The maximum atomic E-state index is 10.9. The number of carbonyl (C=O) groups excluding carboxylic acids is 1. The molecule has 0 unspecified atom stereocenters. The topological polar surface area (TPSA) is 47.6 Å². The van der Waals surface area contributed by atoms with Crippen molar-refractivity contribution < 1.29 is 14.3 Å². The Morgan fingerprint density at radius 2 is 2.00 bits per heavy atom. The van der Waals surface area contributed by atoms with Crippen molar-refractivity contribution in [3.05, 3.63) is 18.2 Å². The third kappa shape index (κ3) is 2.40. The molecule has 0 aromatic heterocycles. The minimum Gasteiger partial charge on any atom is -0.490 e. The second-order valence-corrected chi connectivity index (χ2v) is 3.39. The van der Waals surface area contributed by atoms with Crippen LogP contribution in [-0.2, 0) is 4.79 Å². The average Bonchev–Trinajstić information content (AvgIpc) is 2.41. The molecule has 0 spiro atoms. The highest BCUT2D eigenvalue weighted by molar-refractivity contribution is 5.89. The number of hydrogen-bond acceptors (Lipinski definition) is 3. The van der Waals surface area contributed by atoms with Crippen LogP contribution >= 0.6 is 0 Å². The zero-order valence-electron chi connectivity index (χ0n) is 8.58. The number of ether oxygens (including phenoxy) is 2. The molecule has 4 nitrogen and oxygen atoms in total. The Morgan fingerprint density at radius 3 is 2.73 bits per heavy atom. The van der Waals surface area contributed by atoms with Crippen LogP contribution in [0.4, 0.5) is 5.69 Å². The van der Waals surface area contributed by atoms with Gasteiger partial charge in [0.05, 0.1) is 13.2 Å². The Morgan fingerprint density at radius 1 is 1.27 bits per heavy atom. The van der Waals surface area contributed by atoms with E-state index in [9.17, 15) is 4.79 Å². The van der Waals surface area contributed by atoms with E-state index in [2.05, 4.69) is 5.32 Å². The highest BCUT2D eigenvalue weighted by Gasteiger charge is 2.10. The molecule has 1 aromatic carbocycles. The number of hydrogen-bond donors (Lipinski definition) is 1. The van der Waals surface area contributed by atoms with Crippen LogP contribution in [0.2, 0.25) is 0 Å². The molecule has 0 radical (unpaired) electrons. The minimum atomic E-state index is -0.0931. The second-order valence-electron chi connectivity index (χ2n) is 3.39. The van der Waals surface area contributed by atoms with Crippen LogP contribution in [0.5, 0.6) is 11.5 Å². The van der Waals surface area contributed by atoms with Gasteiger partial charge < -0.3 is 14.8 Å². The summed E-state index contributed by atoms with van der Waals surface area (Å²) < 4.78 is 11.0. The lowest BCUT2D eigenvalue weighted by Gasteiger charge is -2.09. The van der Waals surface area contributed by atoms with Crippen LogP contribution in [0.1, 0.15) is 13.3 Å². The lowest BCUT2D eigenvalue weighted by molar-refractivity contribution is -0.114. The smallest absolute Gasteiger partial charge is 0.221 e. The summed E-state index contributed by atoms with van der Waals surface area (Å²) in [6, 6.07) is 5.39. The van der Waals surface area contributed by atoms with E-state index >= 15 is 0 Å². The van der Waals surface area contributed by atoms with Crippen molar-refractivity contribution in [2.75, 3.05) is 18.5 Å². The molecular weight excluding hydrogens is 194 g/mol. The largest absolute Gasteiger partial charge is 0.490 e. The van der Waals surface area contributed by atoms with Gasteiger partial charge in [0.1, 0.15) is 0 Å². The fraction of sp³-hybridized carbons (Fsp3) is 0.364. The van der Waals surface area contributed by atoms with Gasteiger partial charge in [-0.1, -0.05) is 0 Å². The molecule has 4 heteroatoms. The summed E-state index contributed by atoms with van der Waals surface area (Å²) in [6.45, 7) is 2.80. The maximum Gasteiger partial charge on any atom is 0.221 e. The summed E-state index contributed by atoms with van der Waals surface area (Å²) in [6.07, 6.45) is 0.879. The number of anilines is 1. The molecule has 1 aliphatic heterocycles. The first-order valence-electron chi connectivity index (χ1n) is 4.93. The van der Waals surface area contributed by atoms with E-state index in [1.165, 1.54) is 6.92 Å². The van der Waals surface area contributed by atoms with Crippen LogP contribution in [-0.4, -0.2) is 19.1 Å². The molecular formula is C11H13NO3. The number of amides is 1. The van der Waals surface area contributed by atoms with Crippen LogP contribution in [0.3, 0.4) is 0 Å². The second kappa shape index (κ2) is 4.21. The van der Waals surface area contributed by atoms with Gasteiger partial charge in [-0.25, -0.2) is 0 Å². The van der Waals surface area contributed by atoms with Gasteiger partial charge in [0.2, 0.25) is 5.91 Å².